The Balaban J connectivity index is 1.33. The average molecular weight is 480 g/mol. The Morgan fingerprint density at radius 3 is 2.78 bits per heavy atom. The zero-order chi connectivity index (χ0) is 25.2. The van der Waals surface area contributed by atoms with E-state index in [2.05, 4.69) is 20.6 Å². The van der Waals surface area contributed by atoms with Crippen LogP contribution in [0.5, 0.6) is 5.75 Å². The fourth-order valence-corrected chi connectivity index (χ4v) is 4.20. The molecule has 2 heterocycles. The van der Waals surface area contributed by atoms with Crippen LogP contribution in [0, 0.1) is 6.92 Å². The SMILES string of the molecule is Cc1ccc(N=CC2C(=O)Nc3ccc(Cc4cccc(NC(=O)c5nccn5C)c4)cc32)cc1O. The van der Waals surface area contributed by atoms with Gasteiger partial charge in [0, 0.05) is 43.1 Å². The van der Waals surface area contributed by atoms with Gasteiger partial charge in [0.25, 0.3) is 5.91 Å². The molecule has 1 unspecified atom stereocenters. The number of aryl methyl sites for hydroxylation is 2. The summed E-state index contributed by atoms with van der Waals surface area (Å²) < 4.78 is 1.67. The van der Waals surface area contributed by atoms with Crippen molar-refractivity contribution in [1.29, 1.82) is 0 Å². The predicted octanol–water partition coefficient (Wildman–Crippen LogP) is 4.72. The fraction of sp³-hybridized carbons (Fsp3) is 0.143. The molecule has 3 aromatic carbocycles. The van der Waals surface area contributed by atoms with Crippen LogP contribution in [-0.2, 0) is 18.3 Å². The van der Waals surface area contributed by atoms with Gasteiger partial charge in [-0.2, -0.15) is 0 Å². The average Bonchev–Trinajstić information content (AvgIpc) is 3.42. The number of carbonyl (C=O) groups is 2. The van der Waals surface area contributed by atoms with Gasteiger partial charge in [-0.1, -0.05) is 30.3 Å². The number of hydrogen-bond donors (Lipinski definition) is 3. The van der Waals surface area contributed by atoms with Crippen molar-refractivity contribution in [2.45, 2.75) is 19.3 Å². The monoisotopic (exact) mass is 479 g/mol. The third-order valence-electron chi connectivity index (χ3n) is 6.17. The van der Waals surface area contributed by atoms with Gasteiger partial charge in [-0.15, -0.1) is 0 Å². The molecule has 3 N–H and O–H groups in total. The summed E-state index contributed by atoms with van der Waals surface area (Å²) in [5.74, 6) is -0.426. The number of fused-ring (bicyclic) bond motifs is 1. The molecule has 0 aliphatic carbocycles. The van der Waals surface area contributed by atoms with Crippen LogP contribution >= 0.6 is 0 Å². The summed E-state index contributed by atoms with van der Waals surface area (Å²) in [4.78, 5) is 33.6. The molecule has 1 aliphatic rings. The molecule has 0 radical (unpaired) electrons. The number of hydrogen-bond acceptors (Lipinski definition) is 5. The summed E-state index contributed by atoms with van der Waals surface area (Å²) in [7, 11) is 1.77. The second-order valence-corrected chi connectivity index (χ2v) is 8.83. The maximum absolute atomic E-state index is 12.6. The van der Waals surface area contributed by atoms with E-state index in [0.29, 0.717) is 23.6 Å². The van der Waals surface area contributed by atoms with E-state index in [9.17, 15) is 14.7 Å². The third-order valence-corrected chi connectivity index (χ3v) is 6.17. The standard InChI is InChI=1S/C28H25N5O3/c1-17-6-8-20(15-25(17)34)30-16-23-22-14-19(7-9-24(22)32-27(23)35)12-18-4-3-5-21(13-18)31-28(36)26-29-10-11-33(26)2/h3-11,13-16,23,34H,12H2,1-2H3,(H,31,36)(H,32,35). The van der Waals surface area contributed by atoms with Gasteiger partial charge >= 0.3 is 0 Å². The molecule has 1 aromatic heterocycles. The molecular weight excluding hydrogens is 454 g/mol. The van der Waals surface area contributed by atoms with Crippen molar-refractivity contribution in [3.05, 3.63) is 101 Å². The number of benzene rings is 3. The maximum Gasteiger partial charge on any atom is 0.291 e. The molecule has 0 saturated heterocycles. The number of carbonyl (C=O) groups excluding carboxylic acids is 2. The molecule has 0 spiro atoms. The molecular formula is C28H25N5O3. The van der Waals surface area contributed by atoms with Gasteiger partial charge in [0.2, 0.25) is 5.91 Å². The first-order valence-corrected chi connectivity index (χ1v) is 11.5. The minimum absolute atomic E-state index is 0.138. The normalized spacial score (nSPS) is 14.6. The highest BCUT2D eigenvalue weighted by molar-refractivity contribution is 6.12. The van der Waals surface area contributed by atoms with E-state index in [4.69, 9.17) is 0 Å². The minimum Gasteiger partial charge on any atom is -0.508 e. The summed E-state index contributed by atoms with van der Waals surface area (Å²) in [6.07, 6.45) is 5.55. The van der Waals surface area contributed by atoms with Crippen LogP contribution in [0.15, 0.2) is 78.0 Å². The number of rotatable bonds is 6. The van der Waals surface area contributed by atoms with E-state index in [1.165, 1.54) is 0 Å². The molecule has 1 aliphatic heterocycles. The number of phenols is 1. The van der Waals surface area contributed by atoms with E-state index >= 15 is 0 Å². The van der Waals surface area contributed by atoms with Crippen molar-refractivity contribution in [3.63, 3.8) is 0 Å². The molecule has 0 fully saturated rings. The maximum atomic E-state index is 12.6. The number of aromatic hydroxyl groups is 1. The van der Waals surface area contributed by atoms with Gasteiger partial charge in [0.1, 0.15) is 11.7 Å². The molecule has 180 valence electrons. The first-order chi connectivity index (χ1) is 17.4. The summed E-state index contributed by atoms with van der Waals surface area (Å²) in [5.41, 5.74) is 5.71. The van der Waals surface area contributed by atoms with Gasteiger partial charge in [-0.3, -0.25) is 14.6 Å². The van der Waals surface area contributed by atoms with Crippen LogP contribution in [0.2, 0.25) is 0 Å². The van der Waals surface area contributed by atoms with Gasteiger partial charge in [0.05, 0.1) is 5.69 Å². The minimum atomic E-state index is -0.521. The second kappa shape index (κ2) is 9.50. The lowest BCUT2D eigenvalue weighted by Gasteiger charge is -2.09. The molecule has 36 heavy (non-hydrogen) atoms. The van der Waals surface area contributed by atoms with Crippen molar-refractivity contribution in [2.24, 2.45) is 12.0 Å². The Kier molecular flexibility index (Phi) is 6.08. The van der Waals surface area contributed by atoms with E-state index in [0.717, 1.165) is 27.9 Å². The van der Waals surface area contributed by atoms with E-state index in [1.54, 1.807) is 48.4 Å². The number of nitrogens with zero attached hydrogens (tertiary/aromatic N) is 3. The Bertz CT molecular complexity index is 1500. The third kappa shape index (κ3) is 4.74. The van der Waals surface area contributed by atoms with Crippen molar-refractivity contribution >= 4 is 35.1 Å². The predicted molar refractivity (Wildman–Crippen MR) is 139 cm³/mol. The summed E-state index contributed by atoms with van der Waals surface area (Å²) >= 11 is 0. The quantitative estimate of drug-likeness (QED) is 0.348. The van der Waals surface area contributed by atoms with Crippen LogP contribution in [-0.4, -0.2) is 32.7 Å². The van der Waals surface area contributed by atoms with Crippen LogP contribution in [0.1, 0.15) is 38.8 Å². The van der Waals surface area contributed by atoms with E-state index < -0.39 is 5.92 Å². The highest BCUT2D eigenvalue weighted by Gasteiger charge is 2.29. The number of nitrogens with one attached hydrogen (secondary N) is 2. The van der Waals surface area contributed by atoms with E-state index in [1.807, 2.05) is 49.4 Å². The fourth-order valence-electron chi connectivity index (χ4n) is 4.20. The lowest BCUT2D eigenvalue weighted by molar-refractivity contribution is -0.115. The van der Waals surface area contributed by atoms with E-state index in [-0.39, 0.29) is 17.6 Å². The van der Waals surface area contributed by atoms with Gasteiger partial charge in [-0.05, 0) is 59.9 Å². The van der Waals surface area contributed by atoms with Gasteiger partial charge in [0.15, 0.2) is 5.82 Å². The molecule has 1 atom stereocenters. The number of aromatic nitrogens is 2. The molecule has 0 bridgehead atoms. The topological polar surface area (TPSA) is 109 Å². The molecule has 8 nitrogen and oxygen atoms in total. The molecule has 2 amide bonds. The van der Waals surface area contributed by atoms with Crippen molar-refractivity contribution in [2.75, 3.05) is 10.6 Å². The van der Waals surface area contributed by atoms with Crippen LogP contribution in [0.25, 0.3) is 0 Å². The molecule has 4 aromatic rings. The Labute approximate surface area is 208 Å². The van der Waals surface area contributed by atoms with Crippen molar-refractivity contribution in [3.8, 4) is 5.75 Å². The van der Waals surface area contributed by atoms with Gasteiger partial charge in [-0.25, -0.2) is 4.98 Å². The molecule has 0 saturated carbocycles. The summed E-state index contributed by atoms with van der Waals surface area (Å²) in [6.45, 7) is 1.81. The zero-order valence-electron chi connectivity index (χ0n) is 19.9. The second-order valence-electron chi connectivity index (χ2n) is 8.83. The van der Waals surface area contributed by atoms with Crippen molar-refractivity contribution < 1.29 is 14.7 Å². The molecule has 8 heteroatoms. The smallest absolute Gasteiger partial charge is 0.291 e. The lowest BCUT2D eigenvalue weighted by Crippen LogP contribution is -2.16. The summed E-state index contributed by atoms with van der Waals surface area (Å²) in [5, 5.41) is 15.7. The highest BCUT2D eigenvalue weighted by atomic mass is 16.3. The van der Waals surface area contributed by atoms with Crippen LogP contribution in [0.4, 0.5) is 17.1 Å². The number of amides is 2. The first-order valence-electron chi connectivity index (χ1n) is 11.5. The first kappa shape index (κ1) is 23.0. The number of phenolic OH excluding ortho intramolecular Hbond substituents is 1. The number of aliphatic imine (C=N–C) groups is 1. The van der Waals surface area contributed by atoms with Crippen LogP contribution < -0.4 is 10.6 Å². The zero-order valence-corrected chi connectivity index (χ0v) is 19.9. The van der Waals surface area contributed by atoms with Crippen molar-refractivity contribution in [1.82, 2.24) is 9.55 Å². The Morgan fingerprint density at radius 1 is 1.17 bits per heavy atom. The highest BCUT2D eigenvalue weighted by Crippen LogP contribution is 2.34. The van der Waals surface area contributed by atoms with Crippen LogP contribution in [0.3, 0.4) is 0 Å². The largest absolute Gasteiger partial charge is 0.508 e. The molecule has 5 rings (SSSR count). The Hall–Kier alpha value is -4.72. The van der Waals surface area contributed by atoms with Gasteiger partial charge < -0.3 is 20.3 Å². The lowest BCUT2D eigenvalue weighted by atomic mass is 9.96. The number of anilines is 2. The Morgan fingerprint density at radius 2 is 2.00 bits per heavy atom. The summed E-state index contributed by atoms with van der Waals surface area (Å²) in [6, 6.07) is 18.7. The number of imidazole rings is 1.